The van der Waals surface area contributed by atoms with Gasteiger partial charge in [-0.15, -0.1) is 0 Å². The average molecular weight is 437 g/mol. The van der Waals surface area contributed by atoms with Crippen LogP contribution in [0.15, 0.2) is 0 Å². The van der Waals surface area contributed by atoms with E-state index in [1.165, 1.54) is 37.0 Å². The Morgan fingerprint density at radius 3 is 1.14 bits per heavy atom. The highest BCUT2D eigenvalue weighted by Crippen LogP contribution is 2.64. The van der Waals surface area contributed by atoms with Crippen LogP contribution in [-0.2, 0) is 0 Å². The summed E-state index contributed by atoms with van der Waals surface area (Å²) in [6.07, 6.45) is 33.2. The predicted molar refractivity (Wildman–Crippen MR) is 136 cm³/mol. The first-order valence-corrected chi connectivity index (χ1v) is 17.1. The Morgan fingerprint density at radius 1 is 0.483 bits per heavy atom. The Balaban J connectivity index is 1.47. The summed E-state index contributed by atoms with van der Waals surface area (Å²) in [5.41, 5.74) is 5.74. The molecule has 0 aromatic rings. The van der Waals surface area contributed by atoms with E-state index in [2.05, 4.69) is 6.92 Å². The summed E-state index contributed by atoms with van der Waals surface area (Å²) in [5, 5.41) is 0. The van der Waals surface area contributed by atoms with Gasteiger partial charge in [0.1, 0.15) is 0 Å². The lowest BCUT2D eigenvalue weighted by Crippen LogP contribution is -2.30. The van der Waals surface area contributed by atoms with Gasteiger partial charge in [0.05, 0.1) is 0 Å². The molecule has 0 N–H and O–H groups in total. The molecule has 0 aliphatic heterocycles. The zero-order valence-electron chi connectivity index (χ0n) is 19.6. The molecule has 0 aromatic heterocycles. The zero-order chi connectivity index (χ0) is 19.9. The number of hydrogen-bond acceptors (Lipinski definition) is 0. The van der Waals surface area contributed by atoms with Crippen LogP contribution in [0.1, 0.15) is 135 Å². The van der Waals surface area contributed by atoms with E-state index < -0.39 is 0 Å². The Hall–Kier alpha value is 0.860. The molecule has 4 aliphatic carbocycles. The summed E-state index contributed by atoms with van der Waals surface area (Å²) < 4.78 is 0. The third-order valence-electron chi connectivity index (χ3n) is 9.06. The topological polar surface area (TPSA) is 0 Å². The summed E-state index contributed by atoms with van der Waals surface area (Å²) in [7, 11) is 0.589. The first-order chi connectivity index (χ1) is 14.3. The normalized spacial score (nSPS) is 28.2. The molecular weight excluding hydrogens is 386 g/mol. The van der Waals surface area contributed by atoms with Crippen LogP contribution in [0, 0.1) is 0 Å². The molecule has 0 saturated heterocycles. The molecule has 0 bridgehead atoms. The maximum atomic E-state index is 2.79. The Labute approximate surface area is 185 Å². The molecule has 4 rings (SSSR count). The maximum absolute atomic E-state index is 2.79. The van der Waals surface area contributed by atoms with Crippen molar-refractivity contribution >= 4 is 15.8 Å². The van der Waals surface area contributed by atoms with Gasteiger partial charge in [-0.1, -0.05) is 99.8 Å². The van der Waals surface area contributed by atoms with Crippen LogP contribution in [0.2, 0.25) is 0 Å². The van der Waals surface area contributed by atoms with Gasteiger partial charge in [-0.3, -0.25) is 0 Å². The molecule has 0 spiro atoms. The molecular formula is C27H50P2. The molecule has 4 aliphatic rings. The third kappa shape index (κ3) is 6.44. The molecule has 29 heavy (non-hydrogen) atoms. The largest absolute Gasteiger partial charge is 0.0997 e. The molecule has 0 heterocycles. The fourth-order valence-electron chi connectivity index (χ4n) is 7.60. The molecule has 0 nitrogen and oxygen atoms in total. The Kier molecular flexibility index (Phi) is 9.69. The molecule has 0 amide bonds. The standard InChI is InChI=1S/C27H50P2/c1-23(29(26-18-10-4-11-19-26)27-20-12-5-13-21-27)22-28(24-14-6-2-7-15-24)25-16-8-3-9-17-25/h23-27H,2-22H2,1H3. The van der Waals surface area contributed by atoms with Crippen molar-refractivity contribution in [3.63, 3.8) is 0 Å². The van der Waals surface area contributed by atoms with Crippen LogP contribution in [0.3, 0.4) is 0 Å². The lowest BCUT2D eigenvalue weighted by Gasteiger charge is -2.46. The van der Waals surface area contributed by atoms with Crippen LogP contribution >= 0.6 is 15.8 Å². The predicted octanol–water partition coefficient (Wildman–Crippen LogP) is 9.67. The Bertz CT molecular complexity index is 403. The van der Waals surface area contributed by atoms with E-state index in [9.17, 15) is 0 Å². The molecule has 1 unspecified atom stereocenters. The van der Waals surface area contributed by atoms with Gasteiger partial charge in [0.15, 0.2) is 0 Å². The maximum Gasteiger partial charge on any atom is -0.0193 e. The van der Waals surface area contributed by atoms with Crippen LogP contribution in [0.4, 0.5) is 0 Å². The van der Waals surface area contributed by atoms with Crippen molar-refractivity contribution in [2.24, 2.45) is 0 Å². The van der Waals surface area contributed by atoms with E-state index in [0.29, 0.717) is 7.92 Å². The molecule has 168 valence electrons. The quantitative estimate of drug-likeness (QED) is 0.348. The van der Waals surface area contributed by atoms with Gasteiger partial charge in [-0.05, 0) is 85.8 Å². The van der Waals surface area contributed by atoms with Crippen molar-refractivity contribution in [1.82, 2.24) is 0 Å². The van der Waals surface area contributed by atoms with Gasteiger partial charge in [0.2, 0.25) is 0 Å². The molecule has 1 atom stereocenters. The fourth-order valence-corrected chi connectivity index (χ4v) is 16.7. The van der Waals surface area contributed by atoms with Gasteiger partial charge in [0.25, 0.3) is 0 Å². The van der Waals surface area contributed by atoms with Gasteiger partial charge >= 0.3 is 0 Å². The van der Waals surface area contributed by atoms with Crippen molar-refractivity contribution in [1.29, 1.82) is 0 Å². The molecule has 0 radical (unpaired) electrons. The van der Waals surface area contributed by atoms with E-state index in [1.54, 1.807) is 109 Å². The summed E-state index contributed by atoms with van der Waals surface area (Å²) >= 11 is 0. The highest BCUT2D eigenvalue weighted by atomic mass is 31.1. The van der Waals surface area contributed by atoms with Crippen molar-refractivity contribution in [3.8, 4) is 0 Å². The summed E-state index contributed by atoms with van der Waals surface area (Å²) in [6.45, 7) is 2.79. The molecule has 4 fully saturated rings. The zero-order valence-corrected chi connectivity index (χ0v) is 21.4. The Morgan fingerprint density at radius 2 is 0.793 bits per heavy atom. The first kappa shape index (κ1) is 23.0. The van der Waals surface area contributed by atoms with Crippen molar-refractivity contribution in [3.05, 3.63) is 0 Å². The van der Waals surface area contributed by atoms with Gasteiger partial charge < -0.3 is 0 Å². The van der Waals surface area contributed by atoms with Gasteiger partial charge in [0, 0.05) is 0 Å². The SMILES string of the molecule is CC(CP(C1CCCCC1)C1CCCCC1)P(C1CCCCC1)C1CCCCC1. The minimum Gasteiger partial charge on any atom is -0.0997 e. The van der Waals surface area contributed by atoms with E-state index >= 15 is 0 Å². The molecule has 0 aromatic carbocycles. The van der Waals surface area contributed by atoms with Crippen LogP contribution in [0.5, 0.6) is 0 Å². The fraction of sp³-hybridized carbons (Fsp3) is 1.00. The lowest BCUT2D eigenvalue weighted by atomic mass is 9.99. The molecule has 4 saturated carbocycles. The highest BCUT2D eigenvalue weighted by molar-refractivity contribution is 7.63. The second-order valence-electron chi connectivity index (χ2n) is 11.2. The van der Waals surface area contributed by atoms with Crippen molar-refractivity contribution in [2.75, 3.05) is 6.16 Å². The van der Waals surface area contributed by atoms with Gasteiger partial charge in [-0.2, -0.15) is 0 Å². The van der Waals surface area contributed by atoms with Gasteiger partial charge in [-0.25, -0.2) is 0 Å². The lowest BCUT2D eigenvalue weighted by molar-refractivity contribution is 0.479. The number of hydrogen-bond donors (Lipinski definition) is 0. The second-order valence-corrected chi connectivity index (χ2v) is 17.3. The van der Waals surface area contributed by atoms with Crippen LogP contribution in [-0.4, -0.2) is 34.5 Å². The smallest absolute Gasteiger partial charge is 0.0193 e. The van der Waals surface area contributed by atoms with Crippen LogP contribution < -0.4 is 0 Å². The summed E-state index contributed by atoms with van der Waals surface area (Å²) in [6, 6.07) is 0. The minimum absolute atomic E-state index is 0.283. The third-order valence-corrected chi connectivity index (χ3v) is 17.2. The minimum atomic E-state index is 0.283. The van der Waals surface area contributed by atoms with Crippen molar-refractivity contribution < 1.29 is 0 Å². The monoisotopic (exact) mass is 436 g/mol. The summed E-state index contributed by atoms with van der Waals surface area (Å²) in [5.74, 6) is 0. The van der Waals surface area contributed by atoms with E-state index in [4.69, 9.17) is 0 Å². The molecule has 2 heteroatoms. The van der Waals surface area contributed by atoms with E-state index in [1.807, 2.05) is 0 Å². The van der Waals surface area contributed by atoms with E-state index in [0.717, 1.165) is 17.0 Å². The second kappa shape index (κ2) is 12.2. The highest BCUT2D eigenvalue weighted by Gasteiger charge is 2.38. The van der Waals surface area contributed by atoms with E-state index in [-0.39, 0.29) is 7.92 Å². The summed E-state index contributed by atoms with van der Waals surface area (Å²) in [4.78, 5) is 0. The first-order valence-electron chi connectivity index (χ1n) is 13.9. The number of rotatable bonds is 7. The van der Waals surface area contributed by atoms with Crippen LogP contribution in [0.25, 0.3) is 0 Å². The van der Waals surface area contributed by atoms with Crippen molar-refractivity contribution in [2.45, 2.75) is 164 Å². The average Bonchev–Trinajstić information content (AvgIpc) is 2.80.